The van der Waals surface area contributed by atoms with Crippen molar-refractivity contribution in [3.63, 3.8) is 0 Å². The molecule has 8 heteroatoms. The van der Waals surface area contributed by atoms with E-state index in [1.165, 1.54) is 4.90 Å². The zero-order valence-corrected chi connectivity index (χ0v) is 22.3. The molecule has 0 unspecified atom stereocenters. The average Bonchev–Trinajstić information content (AvgIpc) is 2.88. The molecule has 0 saturated carbocycles. The summed E-state index contributed by atoms with van der Waals surface area (Å²) in [4.78, 5) is 28.5. The predicted molar refractivity (Wildman–Crippen MR) is 146 cm³/mol. The van der Waals surface area contributed by atoms with Crippen molar-refractivity contribution in [1.29, 1.82) is 0 Å². The lowest BCUT2D eigenvalue weighted by molar-refractivity contribution is -0.142. The zero-order chi connectivity index (χ0) is 25.9. The van der Waals surface area contributed by atoms with Crippen LogP contribution in [0.15, 0.2) is 72.8 Å². The molecule has 0 heterocycles. The van der Waals surface area contributed by atoms with Gasteiger partial charge in [0.15, 0.2) is 6.61 Å². The molecule has 3 aromatic rings. The Morgan fingerprint density at radius 2 is 1.58 bits per heavy atom. The second-order valence-electron chi connectivity index (χ2n) is 8.31. The molecular formula is C28H29Cl3N2O3. The normalized spacial score (nSPS) is 11.6. The number of hydrogen-bond donors (Lipinski definition) is 1. The van der Waals surface area contributed by atoms with Crippen LogP contribution in [0.1, 0.15) is 30.9 Å². The van der Waals surface area contributed by atoms with Crippen molar-refractivity contribution >= 4 is 46.6 Å². The molecule has 0 aromatic heterocycles. The molecule has 0 aliphatic carbocycles. The first-order valence-corrected chi connectivity index (χ1v) is 12.9. The number of halogens is 3. The predicted octanol–water partition coefficient (Wildman–Crippen LogP) is 6.58. The van der Waals surface area contributed by atoms with Gasteiger partial charge < -0.3 is 15.0 Å². The van der Waals surface area contributed by atoms with Crippen molar-refractivity contribution in [3.05, 3.63) is 99.0 Å². The molecule has 0 saturated heterocycles. The van der Waals surface area contributed by atoms with E-state index in [1.54, 1.807) is 42.5 Å². The van der Waals surface area contributed by atoms with Crippen LogP contribution >= 0.6 is 34.8 Å². The smallest absolute Gasteiger partial charge is 0.261 e. The highest BCUT2D eigenvalue weighted by molar-refractivity contribution is 6.36. The number of carbonyl (C=O) groups is 2. The van der Waals surface area contributed by atoms with E-state index in [0.717, 1.165) is 18.4 Å². The van der Waals surface area contributed by atoms with Crippen LogP contribution in [-0.4, -0.2) is 35.9 Å². The number of rotatable bonds is 12. The lowest BCUT2D eigenvalue weighted by Gasteiger charge is -2.32. The van der Waals surface area contributed by atoms with Crippen LogP contribution in [0.4, 0.5) is 0 Å². The Morgan fingerprint density at radius 3 is 2.22 bits per heavy atom. The fraction of sp³-hybridized carbons (Fsp3) is 0.286. The Balaban J connectivity index is 1.92. The molecule has 2 amide bonds. The summed E-state index contributed by atoms with van der Waals surface area (Å²) in [6, 6.07) is 20.7. The Kier molecular flexibility index (Phi) is 10.9. The van der Waals surface area contributed by atoms with E-state index in [0.29, 0.717) is 39.3 Å². The van der Waals surface area contributed by atoms with Crippen LogP contribution in [-0.2, 0) is 22.6 Å². The maximum Gasteiger partial charge on any atom is 0.261 e. The van der Waals surface area contributed by atoms with E-state index >= 15 is 0 Å². The molecule has 0 aliphatic rings. The number of nitrogens with one attached hydrogen (secondary N) is 1. The van der Waals surface area contributed by atoms with E-state index in [2.05, 4.69) is 12.2 Å². The number of nitrogens with zero attached hydrogens (tertiary/aromatic N) is 1. The van der Waals surface area contributed by atoms with Crippen molar-refractivity contribution in [2.45, 2.75) is 38.8 Å². The SMILES string of the molecule is CCCCNC(=O)[C@@H](Cc1ccccc1)N(Cc1c(Cl)cccc1Cl)C(=O)COc1ccc(Cl)cc1. The van der Waals surface area contributed by atoms with E-state index in [9.17, 15) is 9.59 Å². The van der Waals surface area contributed by atoms with Gasteiger partial charge in [-0.05, 0) is 48.4 Å². The van der Waals surface area contributed by atoms with Crippen LogP contribution in [0.5, 0.6) is 5.75 Å². The maximum atomic E-state index is 13.6. The summed E-state index contributed by atoms with van der Waals surface area (Å²) < 4.78 is 5.73. The van der Waals surface area contributed by atoms with E-state index < -0.39 is 6.04 Å². The first-order valence-electron chi connectivity index (χ1n) is 11.8. The van der Waals surface area contributed by atoms with E-state index in [1.807, 2.05) is 30.3 Å². The minimum atomic E-state index is -0.794. The quantitative estimate of drug-likeness (QED) is 0.261. The van der Waals surface area contributed by atoms with Crippen molar-refractivity contribution in [3.8, 4) is 5.75 Å². The molecule has 0 fully saturated rings. The van der Waals surface area contributed by atoms with Crippen molar-refractivity contribution in [2.24, 2.45) is 0 Å². The van der Waals surface area contributed by atoms with Crippen molar-refractivity contribution < 1.29 is 14.3 Å². The van der Waals surface area contributed by atoms with Gasteiger partial charge in [0.2, 0.25) is 5.91 Å². The molecule has 190 valence electrons. The molecule has 0 spiro atoms. The van der Waals surface area contributed by atoms with Crippen LogP contribution in [0, 0.1) is 0 Å². The van der Waals surface area contributed by atoms with E-state index in [-0.39, 0.29) is 25.0 Å². The van der Waals surface area contributed by atoms with Gasteiger partial charge in [-0.3, -0.25) is 9.59 Å². The second kappa shape index (κ2) is 14.1. The van der Waals surface area contributed by atoms with Gasteiger partial charge in [0.1, 0.15) is 11.8 Å². The Labute approximate surface area is 227 Å². The Hall–Kier alpha value is -2.73. The minimum Gasteiger partial charge on any atom is -0.484 e. The number of ether oxygens (including phenoxy) is 1. The fourth-order valence-corrected chi connectivity index (χ4v) is 4.32. The highest BCUT2D eigenvalue weighted by Gasteiger charge is 2.31. The zero-order valence-electron chi connectivity index (χ0n) is 20.1. The minimum absolute atomic E-state index is 0.0556. The van der Waals surface area contributed by atoms with Crippen LogP contribution in [0.25, 0.3) is 0 Å². The third-order valence-electron chi connectivity index (χ3n) is 5.67. The molecule has 36 heavy (non-hydrogen) atoms. The van der Waals surface area contributed by atoms with Gasteiger partial charge in [-0.15, -0.1) is 0 Å². The monoisotopic (exact) mass is 546 g/mol. The van der Waals surface area contributed by atoms with Crippen LogP contribution in [0.2, 0.25) is 15.1 Å². The highest BCUT2D eigenvalue weighted by atomic mass is 35.5. The summed E-state index contributed by atoms with van der Waals surface area (Å²) in [6.45, 7) is 2.37. The number of hydrogen-bond acceptors (Lipinski definition) is 3. The summed E-state index contributed by atoms with van der Waals surface area (Å²) in [6.07, 6.45) is 2.11. The van der Waals surface area contributed by atoms with Crippen molar-refractivity contribution in [2.75, 3.05) is 13.2 Å². The molecular weight excluding hydrogens is 519 g/mol. The molecule has 1 atom stereocenters. The number of carbonyl (C=O) groups excluding carboxylic acids is 2. The Bertz CT molecular complexity index is 1120. The lowest BCUT2D eigenvalue weighted by Crippen LogP contribution is -2.52. The first-order chi connectivity index (χ1) is 17.4. The van der Waals surface area contributed by atoms with Gasteiger partial charge in [-0.25, -0.2) is 0 Å². The molecule has 3 rings (SSSR count). The van der Waals surface area contributed by atoms with Gasteiger partial charge in [0.05, 0.1) is 0 Å². The molecule has 0 bridgehead atoms. The topological polar surface area (TPSA) is 58.6 Å². The van der Waals surface area contributed by atoms with E-state index in [4.69, 9.17) is 39.5 Å². The second-order valence-corrected chi connectivity index (χ2v) is 9.57. The molecule has 3 aromatic carbocycles. The van der Waals surface area contributed by atoms with Gasteiger partial charge in [0, 0.05) is 40.1 Å². The fourth-order valence-electron chi connectivity index (χ4n) is 3.67. The standard InChI is InChI=1S/C28H29Cl3N2O3/c1-2-3-16-32-28(35)26(17-20-8-5-4-6-9-20)33(18-23-24(30)10-7-11-25(23)31)27(34)19-36-22-14-12-21(29)13-15-22/h4-15,26H,2-3,16-19H2,1H3,(H,32,35)/t26-/m1/s1. The van der Waals surface area contributed by atoms with Crippen molar-refractivity contribution in [1.82, 2.24) is 10.2 Å². The van der Waals surface area contributed by atoms with Crippen LogP contribution < -0.4 is 10.1 Å². The largest absolute Gasteiger partial charge is 0.484 e. The third kappa shape index (κ3) is 8.16. The maximum absolute atomic E-state index is 13.6. The lowest BCUT2D eigenvalue weighted by atomic mass is 10.0. The molecule has 0 aliphatic heterocycles. The average molecular weight is 548 g/mol. The highest BCUT2D eigenvalue weighted by Crippen LogP contribution is 2.27. The summed E-state index contributed by atoms with van der Waals surface area (Å²) in [5.74, 6) is -0.113. The van der Waals surface area contributed by atoms with Gasteiger partial charge in [0.25, 0.3) is 5.91 Å². The molecule has 1 N–H and O–H groups in total. The molecule has 5 nitrogen and oxygen atoms in total. The van der Waals surface area contributed by atoms with Gasteiger partial charge in [-0.2, -0.15) is 0 Å². The first kappa shape index (κ1) is 27.9. The summed E-state index contributed by atoms with van der Waals surface area (Å²) in [7, 11) is 0. The van der Waals surface area contributed by atoms with Gasteiger partial charge in [-0.1, -0.05) is 84.5 Å². The number of amides is 2. The summed E-state index contributed by atoms with van der Waals surface area (Å²) >= 11 is 18.8. The molecule has 0 radical (unpaired) electrons. The van der Waals surface area contributed by atoms with Gasteiger partial charge >= 0.3 is 0 Å². The third-order valence-corrected chi connectivity index (χ3v) is 6.63. The van der Waals surface area contributed by atoms with Crippen LogP contribution in [0.3, 0.4) is 0 Å². The Morgan fingerprint density at radius 1 is 0.917 bits per heavy atom. The number of unbranched alkanes of at least 4 members (excludes halogenated alkanes) is 1. The number of benzene rings is 3. The summed E-state index contributed by atoms with van der Waals surface area (Å²) in [5, 5.41) is 4.39. The summed E-state index contributed by atoms with van der Waals surface area (Å²) in [5.41, 5.74) is 1.50.